The number of ether oxygens (including phenoxy) is 2. The van der Waals surface area contributed by atoms with Crippen molar-refractivity contribution in [1.82, 2.24) is 0 Å². The number of fused-ring (bicyclic) bond motifs is 1. The lowest BCUT2D eigenvalue weighted by Gasteiger charge is -2.24. The van der Waals surface area contributed by atoms with E-state index in [0.29, 0.717) is 25.7 Å². The molecule has 126 valence electrons. The Morgan fingerprint density at radius 2 is 1.54 bits per heavy atom. The summed E-state index contributed by atoms with van der Waals surface area (Å²) >= 11 is 0. The Morgan fingerprint density at radius 1 is 0.917 bits per heavy atom. The van der Waals surface area contributed by atoms with Crippen LogP contribution >= 0.6 is 0 Å². The van der Waals surface area contributed by atoms with Crippen LogP contribution in [0.25, 0.3) is 0 Å². The lowest BCUT2D eigenvalue weighted by molar-refractivity contribution is -0.0418. The molecule has 0 radical (unpaired) electrons. The summed E-state index contributed by atoms with van der Waals surface area (Å²) < 4.78 is 12.2. The van der Waals surface area contributed by atoms with Gasteiger partial charge in [0, 0.05) is 11.8 Å². The van der Waals surface area contributed by atoms with Crippen molar-refractivity contribution in [2.45, 2.75) is 38.3 Å². The smallest absolute Gasteiger partial charge is 0.0720 e. The molecule has 3 heteroatoms. The van der Waals surface area contributed by atoms with E-state index in [1.54, 1.807) is 0 Å². The molecule has 0 aliphatic heterocycles. The van der Waals surface area contributed by atoms with Crippen LogP contribution in [0.2, 0.25) is 0 Å². The molecule has 2 aromatic carbocycles. The van der Waals surface area contributed by atoms with Crippen molar-refractivity contribution in [3.8, 4) is 0 Å². The summed E-state index contributed by atoms with van der Waals surface area (Å²) in [6.07, 6.45) is 1.59. The van der Waals surface area contributed by atoms with Gasteiger partial charge in [0.25, 0.3) is 0 Å². The van der Waals surface area contributed by atoms with Crippen molar-refractivity contribution in [2.75, 3.05) is 6.61 Å². The molecule has 0 spiro atoms. The van der Waals surface area contributed by atoms with Crippen LogP contribution in [0.4, 0.5) is 0 Å². The van der Waals surface area contributed by atoms with E-state index in [-0.39, 0.29) is 17.6 Å². The van der Waals surface area contributed by atoms with Gasteiger partial charge in [-0.3, -0.25) is 0 Å². The summed E-state index contributed by atoms with van der Waals surface area (Å²) in [5.74, 6) is 0.342. The van der Waals surface area contributed by atoms with Gasteiger partial charge in [-0.15, -0.1) is 0 Å². The van der Waals surface area contributed by atoms with Crippen LogP contribution < -0.4 is 0 Å². The minimum absolute atomic E-state index is 0.0168. The molecule has 2 saturated carbocycles. The van der Waals surface area contributed by atoms with Gasteiger partial charge in [0.05, 0.1) is 32.0 Å². The molecule has 4 rings (SSSR count). The van der Waals surface area contributed by atoms with Crippen molar-refractivity contribution in [3.05, 3.63) is 71.8 Å². The average Bonchev–Trinajstić information content (AvgIpc) is 3.30. The van der Waals surface area contributed by atoms with E-state index in [1.165, 1.54) is 11.1 Å². The largest absolute Gasteiger partial charge is 0.393 e. The van der Waals surface area contributed by atoms with Crippen molar-refractivity contribution >= 4 is 0 Å². The Morgan fingerprint density at radius 3 is 2.17 bits per heavy atom. The summed E-state index contributed by atoms with van der Waals surface area (Å²) in [5, 5.41) is 10.3. The summed E-state index contributed by atoms with van der Waals surface area (Å²) in [5.41, 5.74) is 2.38. The number of aliphatic hydroxyl groups is 1. The van der Waals surface area contributed by atoms with E-state index >= 15 is 0 Å². The summed E-state index contributed by atoms with van der Waals surface area (Å²) in [6, 6.07) is 20.5. The third-order valence-corrected chi connectivity index (χ3v) is 5.52. The van der Waals surface area contributed by atoms with Gasteiger partial charge in [-0.05, 0) is 23.5 Å². The molecule has 24 heavy (non-hydrogen) atoms. The summed E-state index contributed by atoms with van der Waals surface area (Å²) in [4.78, 5) is 0. The van der Waals surface area contributed by atoms with Gasteiger partial charge < -0.3 is 14.6 Å². The highest BCUT2D eigenvalue weighted by Crippen LogP contribution is 2.64. The quantitative estimate of drug-likeness (QED) is 0.846. The van der Waals surface area contributed by atoms with Gasteiger partial charge in [-0.1, -0.05) is 60.7 Å². The fourth-order valence-corrected chi connectivity index (χ4v) is 4.06. The van der Waals surface area contributed by atoms with Crippen LogP contribution in [-0.4, -0.2) is 23.9 Å². The molecular weight excluding hydrogens is 300 g/mol. The van der Waals surface area contributed by atoms with Crippen LogP contribution in [0.5, 0.6) is 0 Å². The Kier molecular flexibility index (Phi) is 4.40. The maximum Gasteiger partial charge on any atom is 0.0720 e. The molecule has 0 amide bonds. The predicted molar refractivity (Wildman–Crippen MR) is 92.3 cm³/mol. The van der Waals surface area contributed by atoms with Crippen LogP contribution in [0.15, 0.2) is 60.7 Å². The molecule has 2 aromatic rings. The molecule has 4 atom stereocenters. The highest BCUT2D eigenvalue weighted by Gasteiger charge is 2.67. The number of benzene rings is 2. The second kappa shape index (κ2) is 6.67. The Labute approximate surface area is 143 Å². The highest BCUT2D eigenvalue weighted by atomic mass is 16.5. The van der Waals surface area contributed by atoms with Crippen molar-refractivity contribution < 1.29 is 14.6 Å². The number of rotatable bonds is 7. The van der Waals surface area contributed by atoms with Crippen molar-refractivity contribution in [2.24, 2.45) is 11.3 Å². The minimum Gasteiger partial charge on any atom is -0.393 e. The zero-order valence-electron chi connectivity index (χ0n) is 13.8. The fraction of sp³-hybridized carbons (Fsp3) is 0.429. The first kappa shape index (κ1) is 15.8. The molecule has 0 heterocycles. The monoisotopic (exact) mass is 324 g/mol. The molecule has 1 N–H and O–H groups in total. The normalized spacial score (nSPS) is 31.0. The highest BCUT2D eigenvalue weighted by molar-refractivity contribution is 5.18. The molecule has 0 bridgehead atoms. The van der Waals surface area contributed by atoms with E-state index in [0.717, 1.165) is 12.8 Å². The van der Waals surface area contributed by atoms with Crippen LogP contribution in [0.3, 0.4) is 0 Å². The van der Waals surface area contributed by atoms with Gasteiger partial charge >= 0.3 is 0 Å². The third kappa shape index (κ3) is 3.12. The van der Waals surface area contributed by atoms with E-state index in [9.17, 15) is 5.11 Å². The summed E-state index contributed by atoms with van der Waals surface area (Å²) in [6.45, 7) is 1.89. The topological polar surface area (TPSA) is 38.7 Å². The second-order valence-electron chi connectivity index (χ2n) is 7.11. The standard InChI is InChI=1S/C21H24O3/c22-19-11-20(24-14-17-9-5-2-6-10-17)21(12-18(19)21)15-23-13-16-7-3-1-4-8-16/h1-10,18-20,22H,11-15H2/t18-,19-,20+,21+/m1/s1. The summed E-state index contributed by atoms with van der Waals surface area (Å²) in [7, 11) is 0. The van der Waals surface area contributed by atoms with Gasteiger partial charge in [-0.25, -0.2) is 0 Å². The van der Waals surface area contributed by atoms with E-state index in [4.69, 9.17) is 9.47 Å². The zero-order chi connectivity index (χ0) is 16.4. The molecule has 2 aliphatic rings. The maximum atomic E-state index is 10.3. The Hall–Kier alpha value is -1.68. The van der Waals surface area contributed by atoms with E-state index in [2.05, 4.69) is 24.3 Å². The van der Waals surface area contributed by atoms with Crippen molar-refractivity contribution in [1.29, 1.82) is 0 Å². The molecule has 0 aromatic heterocycles. The molecular formula is C21H24O3. The van der Waals surface area contributed by atoms with Crippen molar-refractivity contribution in [3.63, 3.8) is 0 Å². The van der Waals surface area contributed by atoms with Crippen LogP contribution in [-0.2, 0) is 22.7 Å². The number of hydrogen-bond acceptors (Lipinski definition) is 3. The van der Waals surface area contributed by atoms with Crippen LogP contribution in [0, 0.1) is 11.3 Å². The predicted octanol–water partition coefficient (Wildman–Crippen LogP) is 3.56. The number of aliphatic hydroxyl groups excluding tert-OH is 1. The Balaban J connectivity index is 1.34. The van der Waals surface area contributed by atoms with Gasteiger partial charge in [0.2, 0.25) is 0 Å². The SMILES string of the molecule is O[C@@H]1C[C@H](OCc2ccccc2)[C@]2(COCc3ccccc3)C[C@H]12. The molecule has 2 fully saturated rings. The number of hydrogen-bond donors (Lipinski definition) is 1. The first-order chi connectivity index (χ1) is 11.8. The van der Waals surface area contributed by atoms with Gasteiger partial charge in [0.1, 0.15) is 0 Å². The molecule has 3 nitrogen and oxygen atoms in total. The minimum atomic E-state index is -0.244. The van der Waals surface area contributed by atoms with Crippen LogP contribution in [0.1, 0.15) is 24.0 Å². The lowest BCUT2D eigenvalue weighted by Crippen LogP contribution is -2.27. The third-order valence-electron chi connectivity index (χ3n) is 5.52. The molecule has 2 aliphatic carbocycles. The first-order valence-electron chi connectivity index (χ1n) is 8.73. The van der Waals surface area contributed by atoms with E-state index in [1.807, 2.05) is 36.4 Å². The maximum absolute atomic E-state index is 10.3. The second-order valence-corrected chi connectivity index (χ2v) is 7.11. The van der Waals surface area contributed by atoms with E-state index < -0.39 is 0 Å². The Bertz CT molecular complexity index is 657. The zero-order valence-corrected chi connectivity index (χ0v) is 13.8. The van der Waals surface area contributed by atoms with Gasteiger partial charge in [-0.2, -0.15) is 0 Å². The van der Waals surface area contributed by atoms with Gasteiger partial charge in [0.15, 0.2) is 0 Å². The average molecular weight is 324 g/mol. The lowest BCUT2D eigenvalue weighted by atomic mass is 10.0. The molecule has 0 saturated heterocycles. The first-order valence-corrected chi connectivity index (χ1v) is 8.73. The molecule has 0 unspecified atom stereocenters. The fourth-order valence-electron chi connectivity index (χ4n) is 4.06.